The Morgan fingerprint density at radius 2 is 2.05 bits per heavy atom. The number of hydrogen-bond acceptors (Lipinski definition) is 3. The molecule has 0 aliphatic carbocycles. The fourth-order valence-corrected chi connectivity index (χ4v) is 1.81. The molecule has 1 aromatic rings. The topological polar surface area (TPSA) is 88.4 Å². The van der Waals surface area contributed by atoms with Gasteiger partial charge in [0, 0.05) is 24.7 Å². The first-order valence-electron chi connectivity index (χ1n) is 6.45. The summed E-state index contributed by atoms with van der Waals surface area (Å²) in [5, 5.41) is 11.2. The number of aliphatic carboxylic acids is 1. The van der Waals surface area contributed by atoms with Crippen molar-refractivity contribution in [3.8, 4) is 0 Å². The van der Waals surface area contributed by atoms with Crippen molar-refractivity contribution < 1.29 is 14.7 Å². The van der Waals surface area contributed by atoms with E-state index in [9.17, 15) is 14.4 Å². The Balaban J connectivity index is 2.77. The zero-order valence-electron chi connectivity index (χ0n) is 12.0. The highest BCUT2D eigenvalue weighted by Crippen LogP contribution is 2.13. The summed E-state index contributed by atoms with van der Waals surface area (Å²) in [5.74, 6) is -1.20. The summed E-state index contributed by atoms with van der Waals surface area (Å²) in [6.45, 7) is 5.27. The molecular weight excluding hydrogens is 260 g/mol. The van der Waals surface area contributed by atoms with Crippen LogP contribution in [-0.4, -0.2) is 28.1 Å². The maximum Gasteiger partial charge on any atom is 0.303 e. The van der Waals surface area contributed by atoms with Crippen LogP contribution in [-0.2, 0) is 15.1 Å². The van der Waals surface area contributed by atoms with Crippen molar-refractivity contribution in [2.24, 2.45) is 0 Å². The first-order valence-corrected chi connectivity index (χ1v) is 6.45. The monoisotopic (exact) mass is 280 g/mol. The van der Waals surface area contributed by atoms with E-state index in [0.29, 0.717) is 12.0 Å². The molecule has 1 heterocycles. The first kappa shape index (κ1) is 15.9. The molecule has 6 heteroatoms. The van der Waals surface area contributed by atoms with Gasteiger partial charge in [0.15, 0.2) is 0 Å². The van der Waals surface area contributed by atoms with E-state index in [-0.39, 0.29) is 24.4 Å². The second-order valence-electron chi connectivity index (χ2n) is 5.18. The summed E-state index contributed by atoms with van der Waals surface area (Å²) in [6, 6.07) is 3.41. The fraction of sp³-hybridized carbons (Fsp3) is 0.500. The van der Waals surface area contributed by atoms with Gasteiger partial charge in [-0.1, -0.05) is 6.07 Å². The van der Waals surface area contributed by atoms with Crippen LogP contribution in [0.2, 0.25) is 0 Å². The third-order valence-corrected chi connectivity index (χ3v) is 3.15. The van der Waals surface area contributed by atoms with Crippen molar-refractivity contribution in [2.75, 3.05) is 6.54 Å². The number of carbonyl (C=O) groups excluding carboxylic acids is 1. The standard InChI is InChI=1S/C14H20N2O4/c1-10-6-5-9-16(12(10)19)14(2,3)13(20)15-8-4-7-11(17)18/h5-6,9H,4,7-8H2,1-3H3,(H,15,20)(H,17,18). The number of pyridine rings is 1. The molecule has 6 nitrogen and oxygen atoms in total. The quantitative estimate of drug-likeness (QED) is 0.757. The Morgan fingerprint density at radius 1 is 1.40 bits per heavy atom. The minimum atomic E-state index is -1.02. The predicted molar refractivity (Wildman–Crippen MR) is 74.6 cm³/mol. The molecule has 0 bridgehead atoms. The minimum Gasteiger partial charge on any atom is -0.481 e. The Hall–Kier alpha value is -2.11. The maximum absolute atomic E-state index is 12.2. The minimum absolute atomic E-state index is 0.00506. The van der Waals surface area contributed by atoms with Gasteiger partial charge in [-0.15, -0.1) is 0 Å². The molecule has 1 aromatic heterocycles. The second-order valence-corrected chi connectivity index (χ2v) is 5.18. The van der Waals surface area contributed by atoms with Crippen LogP contribution in [0.25, 0.3) is 0 Å². The van der Waals surface area contributed by atoms with Crippen molar-refractivity contribution in [1.82, 2.24) is 9.88 Å². The zero-order valence-corrected chi connectivity index (χ0v) is 12.0. The highest BCUT2D eigenvalue weighted by Gasteiger charge is 2.30. The van der Waals surface area contributed by atoms with E-state index in [1.165, 1.54) is 4.57 Å². The van der Waals surface area contributed by atoms with E-state index in [1.807, 2.05) is 0 Å². The Bertz CT molecular complexity index is 561. The van der Waals surface area contributed by atoms with Gasteiger partial charge in [-0.05, 0) is 33.3 Å². The molecule has 2 N–H and O–H groups in total. The number of carbonyl (C=O) groups is 2. The van der Waals surface area contributed by atoms with Crippen molar-refractivity contribution in [1.29, 1.82) is 0 Å². The van der Waals surface area contributed by atoms with Gasteiger partial charge in [0.2, 0.25) is 5.91 Å². The molecule has 0 radical (unpaired) electrons. The van der Waals surface area contributed by atoms with E-state index in [1.54, 1.807) is 39.1 Å². The normalized spacial score (nSPS) is 11.2. The molecule has 0 atom stereocenters. The number of aryl methyl sites for hydroxylation is 1. The molecule has 110 valence electrons. The van der Waals surface area contributed by atoms with E-state index < -0.39 is 11.5 Å². The number of rotatable bonds is 6. The van der Waals surface area contributed by atoms with Gasteiger partial charge in [-0.2, -0.15) is 0 Å². The van der Waals surface area contributed by atoms with Crippen LogP contribution in [0.3, 0.4) is 0 Å². The van der Waals surface area contributed by atoms with E-state index in [4.69, 9.17) is 5.11 Å². The summed E-state index contributed by atoms with van der Waals surface area (Å²) in [4.78, 5) is 34.6. The Labute approximate surface area is 117 Å². The molecule has 0 saturated carbocycles. The Morgan fingerprint density at radius 3 is 2.65 bits per heavy atom. The van der Waals surface area contributed by atoms with Crippen LogP contribution < -0.4 is 10.9 Å². The third kappa shape index (κ3) is 3.69. The van der Waals surface area contributed by atoms with E-state index >= 15 is 0 Å². The molecule has 0 aliphatic rings. The molecule has 0 fully saturated rings. The van der Waals surface area contributed by atoms with Gasteiger partial charge in [-0.3, -0.25) is 14.4 Å². The molecule has 0 spiro atoms. The number of carboxylic acids is 1. The van der Waals surface area contributed by atoms with Crippen LogP contribution >= 0.6 is 0 Å². The Kier molecular flexibility index (Phi) is 5.07. The molecule has 0 saturated heterocycles. The van der Waals surface area contributed by atoms with Gasteiger partial charge in [0.05, 0.1) is 0 Å². The van der Waals surface area contributed by atoms with E-state index in [2.05, 4.69) is 5.32 Å². The van der Waals surface area contributed by atoms with Crippen LogP contribution in [0.4, 0.5) is 0 Å². The molecule has 20 heavy (non-hydrogen) atoms. The van der Waals surface area contributed by atoms with Crippen LogP contribution in [0.15, 0.2) is 23.1 Å². The van der Waals surface area contributed by atoms with Crippen LogP contribution in [0.5, 0.6) is 0 Å². The third-order valence-electron chi connectivity index (χ3n) is 3.15. The van der Waals surface area contributed by atoms with Crippen LogP contribution in [0.1, 0.15) is 32.3 Å². The average Bonchev–Trinajstić information content (AvgIpc) is 2.37. The summed E-state index contributed by atoms with van der Waals surface area (Å²) in [6.07, 6.45) is 1.94. The number of nitrogens with zero attached hydrogens (tertiary/aromatic N) is 1. The number of carboxylic acid groups (broad SMARTS) is 1. The van der Waals surface area contributed by atoms with Crippen molar-refractivity contribution in [3.63, 3.8) is 0 Å². The smallest absolute Gasteiger partial charge is 0.303 e. The summed E-state index contributed by atoms with van der Waals surface area (Å²) in [5.41, 5.74) is -0.663. The lowest BCUT2D eigenvalue weighted by molar-refractivity contribution is -0.137. The van der Waals surface area contributed by atoms with Crippen molar-refractivity contribution in [2.45, 2.75) is 39.2 Å². The van der Waals surface area contributed by atoms with E-state index in [0.717, 1.165) is 0 Å². The van der Waals surface area contributed by atoms with Gasteiger partial charge in [0.25, 0.3) is 5.56 Å². The molecule has 1 rings (SSSR count). The van der Waals surface area contributed by atoms with Crippen molar-refractivity contribution in [3.05, 3.63) is 34.2 Å². The largest absolute Gasteiger partial charge is 0.481 e. The molecule has 0 aliphatic heterocycles. The first-order chi connectivity index (χ1) is 9.26. The second kappa shape index (κ2) is 6.36. The fourth-order valence-electron chi connectivity index (χ4n) is 1.81. The molecule has 0 unspecified atom stereocenters. The number of amides is 1. The molecule has 0 aromatic carbocycles. The highest BCUT2D eigenvalue weighted by molar-refractivity contribution is 5.83. The average molecular weight is 280 g/mol. The number of nitrogens with one attached hydrogen (secondary N) is 1. The number of aromatic nitrogens is 1. The summed E-state index contributed by atoms with van der Waals surface area (Å²) < 4.78 is 1.38. The maximum atomic E-state index is 12.2. The van der Waals surface area contributed by atoms with Gasteiger partial charge in [-0.25, -0.2) is 0 Å². The summed E-state index contributed by atoms with van der Waals surface area (Å²) in [7, 11) is 0. The zero-order chi connectivity index (χ0) is 15.3. The van der Waals surface area contributed by atoms with Crippen molar-refractivity contribution >= 4 is 11.9 Å². The highest BCUT2D eigenvalue weighted by atomic mass is 16.4. The SMILES string of the molecule is Cc1cccn(C(C)(C)C(=O)NCCCC(=O)O)c1=O. The lowest BCUT2D eigenvalue weighted by Gasteiger charge is -2.26. The van der Waals surface area contributed by atoms with Gasteiger partial charge >= 0.3 is 5.97 Å². The lowest BCUT2D eigenvalue weighted by Crippen LogP contribution is -2.49. The number of hydrogen-bond donors (Lipinski definition) is 2. The predicted octanol–water partition coefficient (Wildman–Crippen LogP) is 0.873. The van der Waals surface area contributed by atoms with Gasteiger partial charge < -0.3 is 15.0 Å². The molecule has 1 amide bonds. The molecular formula is C14H20N2O4. The van der Waals surface area contributed by atoms with Crippen LogP contribution in [0, 0.1) is 6.92 Å². The van der Waals surface area contributed by atoms with Gasteiger partial charge in [0.1, 0.15) is 5.54 Å². The summed E-state index contributed by atoms with van der Waals surface area (Å²) >= 11 is 0. The lowest BCUT2D eigenvalue weighted by atomic mass is 10.0.